The van der Waals surface area contributed by atoms with Gasteiger partial charge in [0.05, 0.1) is 10.9 Å². The number of primary amides is 1. The predicted molar refractivity (Wildman–Crippen MR) is 105 cm³/mol. The molecule has 1 fully saturated rings. The van der Waals surface area contributed by atoms with Crippen molar-refractivity contribution in [1.82, 2.24) is 9.97 Å². The number of nitrogens with zero attached hydrogens (tertiary/aromatic N) is 1. The summed E-state index contributed by atoms with van der Waals surface area (Å²) < 4.78 is 48.3. The van der Waals surface area contributed by atoms with E-state index in [-0.39, 0.29) is 29.4 Å². The fraction of sp³-hybridized carbons (Fsp3) is 0.286. The minimum atomic E-state index is -2.32. The van der Waals surface area contributed by atoms with Gasteiger partial charge in [-0.3, -0.25) is 14.6 Å². The topological polar surface area (TPSA) is 88.8 Å². The number of amides is 1. The van der Waals surface area contributed by atoms with Crippen LogP contribution in [0.15, 0.2) is 53.6 Å². The Kier molecular flexibility index (Phi) is 8.08. The van der Waals surface area contributed by atoms with Gasteiger partial charge in [0.1, 0.15) is 5.69 Å². The van der Waals surface area contributed by atoms with Gasteiger partial charge < -0.3 is 10.7 Å². The monoisotopic (exact) mass is 423 g/mol. The molecule has 0 bridgehead atoms. The molecule has 1 aliphatic rings. The molecule has 0 unspecified atom stereocenters. The van der Waals surface area contributed by atoms with Gasteiger partial charge in [-0.15, -0.1) is 0 Å². The minimum Gasteiger partial charge on any atom is -0.364 e. The van der Waals surface area contributed by atoms with Crippen molar-refractivity contribution in [2.75, 3.05) is 0 Å². The SMILES string of the molecule is FC1(F)CCCCC1.Fc1ccccc1F.NC(=O)c1nccc2[nH]ccc(=O)c12. The van der Waals surface area contributed by atoms with E-state index in [4.69, 9.17) is 5.73 Å². The minimum absolute atomic E-state index is 0.00403. The molecule has 1 aliphatic carbocycles. The second-order valence-electron chi connectivity index (χ2n) is 6.62. The molecule has 9 heteroatoms. The lowest BCUT2D eigenvalue weighted by Crippen LogP contribution is -2.18. The highest BCUT2D eigenvalue weighted by Gasteiger charge is 2.30. The maximum atomic E-state index is 12.2. The largest absolute Gasteiger partial charge is 0.364 e. The van der Waals surface area contributed by atoms with Crippen LogP contribution in [0.5, 0.6) is 0 Å². The summed E-state index contributed by atoms with van der Waals surface area (Å²) in [5.74, 6) is -4.62. The van der Waals surface area contributed by atoms with Gasteiger partial charge in [-0.25, -0.2) is 17.6 Å². The first-order valence-corrected chi connectivity index (χ1v) is 9.25. The summed E-state index contributed by atoms with van der Waals surface area (Å²) in [5.41, 5.74) is 5.39. The molecular formula is C21H21F4N3O2. The summed E-state index contributed by atoms with van der Waals surface area (Å²) >= 11 is 0. The van der Waals surface area contributed by atoms with Crippen molar-refractivity contribution in [3.05, 3.63) is 76.3 Å². The maximum Gasteiger partial charge on any atom is 0.268 e. The van der Waals surface area contributed by atoms with Gasteiger partial charge in [0.15, 0.2) is 17.1 Å². The number of pyridine rings is 2. The Balaban J connectivity index is 0.000000172. The molecule has 2 aromatic heterocycles. The summed E-state index contributed by atoms with van der Waals surface area (Å²) in [6.45, 7) is 0. The normalized spacial score (nSPS) is 14.7. The number of aromatic nitrogens is 2. The molecule has 3 aromatic rings. The van der Waals surface area contributed by atoms with E-state index in [9.17, 15) is 27.2 Å². The van der Waals surface area contributed by atoms with Crippen molar-refractivity contribution in [3.63, 3.8) is 0 Å². The molecule has 0 aliphatic heterocycles. The first kappa shape index (κ1) is 23.1. The van der Waals surface area contributed by atoms with Crippen LogP contribution in [0.1, 0.15) is 42.6 Å². The van der Waals surface area contributed by atoms with Crippen molar-refractivity contribution in [2.24, 2.45) is 5.73 Å². The third-order valence-electron chi connectivity index (χ3n) is 4.31. The van der Waals surface area contributed by atoms with E-state index in [1.54, 1.807) is 6.07 Å². The van der Waals surface area contributed by atoms with E-state index in [1.807, 2.05) is 0 Å². The molecule has 30 heavy (non-hydrogen) atoms. The van der Waals surface area contributed by atoms with Crippen LogP contribution in [-0.2, 0) is 0 Å². The molecule has 4 rings (SSSR count). The Morgan fingerprint density at radius 3 is 2.07 bits per heavy atom. The van der Waals surface area contributed by atoms with Gasteiger partial charge in [0.25, 0.3) is 5.91 Å². The zero-order valence-electron chi connectivity index (χ0n) is 16.0. The van der Waals surface area contributed by atoms with Crippen LogP contribution in [0.2, 0.25) is 0 Å². The number of H-pyrrole nitrogens is 1. The Bertz CT molecular complexity index is 1020. The van der Waals surface area contributed by atoms with Crippen LogP contribution in [0.25, 0.3) is 10.9 Å². The van der Waals surface area contributed by atoms with Gasteiger partial charge >= 0.3 is 0 Å². The molecule has 0 saturated heterocycles. The van der Waals surface area contributed by atoms with Gasteiger partial charge in [-0.05, 0) is 31.0 Å². The van der Waals surface area contributed by atoms with Crippen LogP contribution in [0.3, 0.4) is 0 Å². The number of fused-ring (bicyclic) bond motifs is 1. The fourth-order valence-corrected chi connectivity index (χ4v) is 2.82. The van der Waals surface area contributed by atoms with Gasteiger partial charge in [0, 0.05) is 31.3 Å². The first-order chi connectivity index (χ1) is 14.2. The van der Waals surface area contributed by atoms with Gasteiger partial charge in [-0.1, -0.05) is 18.6 Å². The number of nitrogens with two attached hydrogens (primary N) is 1. The van der Waals surface area contributed by atoms with Crippen LogP contribution >= 0.6 is 0 Å². The molecule has 1 saturated carbocycles. The summed E-state index contributed by atoms with van der Waals surface area (Å²) in [6, 6.07) is 7.99. The summed E-state index contributed by atoms with van der Waals surface area (Å²) in [7, 11) is 0. The molecule has 160 valence electrons. The van der Waals surface area contributed by atoms with Crippen LogP contribution in [0, 0.1) is 11.6 Å². The Labute approximate surface area is 169 Å². The molecule has 1 aromatic carbocycles. The number of halogens is 4. The van der Waals surface area contributed by atoms with Crippen LogP contribution < -0.4 is 11.2 Å². The van der Waals surface area contributed by atoms with Crippen molar-refractivity contribution < 1.29 is 22.4 Å². The van der Waals surface area contributed by atoms with E-state index in [2.05, 4.69) is 9.97 Å². The number of nitrogens with one attached hydrogen (secondary N) is 1. The van der Waals surface area contributed by atoms with E-state index >= 15 is 0 Å². The quantitative estimate of drug-likeness (QED) is 0.562. The number of hydrogen-bond donors (Lipinski definition) is 2. The molecule has 1 amide bonds. The lowest BCUT2D eigenvalue weighted by atomic mass is 9.97. The number of rotatable bonds is 1. The van der Waals surface area contributed by atoms with Crippen molar-refractivity contribution in [3.8, 4) is 0 Å². The Hall–Kier alpha value is -3.23. The van der Waals surface area contributed by atoms with Crippen LogP contribution in [-0.4, -0.2) is 21.8 Å². The van der Waals surface area contributed by atoms with E-state index in [1.165, 1.54) is 30.6 Å². The highest BCUT2D eigenvalue weighted by molar-refractivity contribution is 6.03. The molecule has 5 nitrogen and oxygen atoms in total. The molecular weight excluding hydrogens is 402 g/mol. The van der Waals surface area contributed by atoms with E-state index in [0.29, 0.717) is 18.4 Å². The molecule has 0 radical (unpaired) electrons. The highest BCUT2D eigenvalue weighted by Crippen LogP contribution is 2.32. The average molecular weight is 423 g/mol. The number of alkyl halides is 2. The third-order valence-corrected chi connectivity index (χ3v) is 4.31. The molecule has 3 N–H and O–H groups in total. The second-order valence-corrected chi connectivity index (χ2v) is 6.62. The van der Waals surface area contributed by atoms with Crippen molar-refractivity contribution in [1.29, 1.82) is 0 Å². The number of benzene rings is 1. The molecule has 0 spiro atoms. The first-order valence-electron chi connectivity index (χ1n) is 9.25. The van der Waals surface area contributed by atoms with Crippen molar-refractivity contribution in [2.45, 2.75) is 38.0 Å². The van der Waals surface area contributed by atoms with Gasteiger partial charge in [-0.2, -0.15) is 0 Å². The molecule has 0 atom stereocenters. The zero-order valence-corrected chi connectivity index (χ0v) is 16.0. The van der Waals surface area contributed by atoms with E-state index < -0.39 is 23.5 Å². The fourth-order valence-electron chi connectivity index (χ4n) is 2.82. The van der Waals surface area contributed by atoms with Crippen molar-refractivity contribution >= 4 is 16.8 Å². The standard InChI is InChI=1S/C9H7N3O2.C6H10F2.C6H4F2/c10-9(14)8-7-5(1-3-12-8)11-4-2-6(7)13;7-6(8)4-2-1-3-5-6;7-5-3-1-2-4-6(5)8/h1-4H,(H2,10,14)(H,11,13);1-5H2;1-4H. The number of carbonyl (C=O) groups excluding carboxylic acids is 1. The lowest BCUT2D eigenvalue weighted by Gasteiger charge is -2.20. The third kappa shape index (κ3) is 6.68. The van der Waals surface area contributed by atoms with Crippen LogP contribution in [0.4, 0.5) is 17.6 Å². The van der Waals surface area contributed by atoms with E-state index in [0.717, 1.165) is 18.6 Å². The predicted octanol–water partition coefficient (Wildman–Crippen LogP) is 4.57. The average Bonchev–Trinajstić information content (AvgIpc) is 2.71. The summed E-state index contributed by atoms with van der Waals surface area (Å²) in [6.07, 6.45) is 5.60. The smallest absolute Gasteiger partial charge is 0.268 e. The number of hydrogen-bond acceptors (Lipinski definition) is 3. The summed E-state index contributed by atoms with van der Waals surface area (Å²) in [5, 5.41) is 0.238. The molecule has 2 heterocycles. The number of aromatic amines is 1. The Morgan fingerprint density at radius 1 is 1.00 bits per heavy atom. The highest BCUT2D eigenvalue weighted by atomic mass is 19.3. The second kappa shape index (κ2) is 10.5. The Morgan fingerprint density at radius 2 is 1.60 bits per heavy atom. The number of carbonyl (C=O) groups is 1. The zero-order chi connectivity index (χ0) is 22.1. The maximum absolute atomic E-state index is 12.2. The van der Waals surface area contributed by atoms with Gasteiger partial charge in [0.2, 0.25) is 5.92 Å². The lowest BCUT2D eigenvalue weighted by molar-refractivity contribution is -0.0337. The summed E-state index contributed by atoms with van der Waals surface area (Å²) in [4.78, 5) is 29.0.